The van der Waals surface area contributed by atoms with Gasteiger partial charge in [-0.05, 0) is 12.8 Å². The molecule has 20 heavy (non-hydrogen) atoms. The van der Waals surface area contributed by atoms with Crippen LogP contribution in [0.5, 0.6) is 5.75 Å². The van der Waals surface area contributed by atoms with Crippen LogP contribution >= 0.6 is 0 Å². The summed E-state index contributed by atoms with van der Waals surface area (Å²) in [5.41, 5.74) is -1.12. The van der Waals surface area contributed by atoms with Crippen LogP contribution in [0.4, 0.5) is 5.82 Å². The number of methoxy groups -OCH3 is 1. The van der Waals surface area contributed by atoms with Crippen molar-refractivity contribution < 1.29 is 14.6 Å². The largest absolute Gasteiger partial charge is 0.489 e. The van der Waals surface area contributed by atoms with Crippen molar-refractivity contribution >= 4 is 11.8 Å². The number of aromatic amines is 1. The molecule has 7 heteroatoms. The van der Waals surface area contributed by atoms with Crippen LogP contribution in [0.1, 0.15) is 26.2 Å². The van der Waals surface area contributed by atoms with Gasteiger partial charge in [0.25, 0.3) is 5.56 Å². The van der Waals surface area contributed by atoms with Crippen LogP contribution in [0, 0.1) is 5.41 Å². The van der Waals surface area contributed by atoms with Crippen molar-refractivity contribution in [3.63, 3.8) is 0 Å². The first-order valence-electron chi connectivity index (χ1n) is 6.64. The fourth-order valence-electron chi connectivity index (χ4n) is 2.80. The average Bonchev–Trinajstić information content (AvgIpc) is 2.84. The van der Waals surface area contributed by atoms with Crippen LogP contribution in [0.3, 0.4) is 0 Å². The van der Waals surface area contributed by atoms with Crippen molar-refractivity contribution in [1.82, 2.24) is 9.97 Å². The molecule has 2 rings (SSSR count). The van der Waals surface area contributed by atoms with E-state index >= 15 is 0 Å². The fourth-order valence-corrected chi connectivity index (χ4v) is 2.80. The highest BCUT2D eigenvalue weighted by Crippen LogP contribution is 2.38. The van der Waals surface area contributed by atoms with Gasteiger partial charge < -0.3 is 19.7 Å². The number of hydrogen-bond acceptors (Lipinski definition) is 5. The van der Waals surface area contributed by atoms with Gasteiger partial charge >= 0.3 is 5.97 Å². The minimum Gasteiger partial charge on any atom is -0.489 e. The van der Waals surface area contributed by atoms with Gasteiger partial charge in [-0.1, -0.05) is 13.3 Å². The predicted octanol–water partition coefficient (Wildman–Crippen LogP) is 0.860. The summed E-state index contributed by atoms with van der Waals surface area (Å²) in [5.74, 6) is -0.244. The molecule has 0 amide bonds. The highest BCUT2D eigenvalue weighted by Gasteiger charge is 2.45. The number of aromatic nitrogens is 2. The third kappa shape index (κ3) is 2.35. The second kappa shape index (κ2) is 5.52. The normalized spacial score (nSPS) is 22.0. The molecule has 2 heterocycles. The number of rotatable bonds is 5. The Balaban J connectivity index is 2.31. The Labute approximate surface area is 116 Å². The number of carboxylic acids is 1. The lowest BCUT2D eigenvalue weighted by atomic mass is 9.83. The van der Waals surface area contributed by atoms with Gasteiger partial charge in [-0.2, -0.15) is 0 Å². The summed E-state index contributed by atoms with van der Waals surface area (Å²) in [4.78, 5) is 31.6. The lowest BCUT2D eigenvalue weighted by Gasteiger charge is -2.25. The Bertz CT molecular complexity index is 557. The summed E-state index contributed by atoms with van der Waals surface area (Å²) in [7, 11) is 1.41. The molecule has 7 nitrogen and oxygen atoms in total. The van der Waals surface area contributed by atoms with Crippen molar-refractivity contribution in [2.75, 3.05) is 25.1 Å². The fraction of sp³-hybridized carbons (Fsp3) is 0.615. The molecule has 1 aliphatic heterocycles. The van der Waals surface area contributed by atoms with Crippen molar-refractivity contribution in [2.45, 2.75) is 26.2 Å². The molecule has 1 fully saturated rings. The molecule has 0 aromatic carbocycles. The van der Waals surface area contributed by atoms with E-state index in [1.54, 1.807) is 0 Å². The van der Waals surface area contributed by atoms with Gasteiger partial charge in [-0.25, -0.2) is 4.98 Å². The molecule has 2 N–H and O–H groups in total. The zero-order chi connectivity index (χ0) is 14.8. The average molecular weight is 281 g/mol. The van der Waals surface area contributed by atoms with E-state index in [0.717, 1.165) is 6.42 Å². The summed E-state index contributed by atoms with van der Waals surface area (Å²) in [6, 6.07) is 0. The first-order chi connectivity index (χ1) is 9.54. The molecule has 0 bridgehead atoms. The van der Waals surface area contributed by atoms with Crippen LogP contribution in [-0.2, 0) is 4.79 Å². The van der Waals surface area contributed by atoms with Crippen molar-refractivity contribution in [3.05, 3.63) is 16.7 Å². The van der Waals surface area contributed by atoms with Crippen LogP contribution in [0.25, 0.3) is 0 Å². The van der Waals surface area contributed by atoms with Crippen LogP contribution < -0.4 is 15.2 Å². The number of aliphatic carboxylic acids is 1. The first kappa shape index (κ1) is 14.4. The standard InChI is InChI=1S/C13H19N3O4/c1-3-4-13(12(18)19)5-6-16(7-13)10-9(20-2)11(17)15-8-14-10/h8H,3-7H2,1-2H3,(H,18,19)(H,14,15,17). The Morgan fingerprint density at radius 2 is 2.40 bits per heavy atom. The minimum atomic E-state index is -0.786. The maximum atomic E-state index is 11.7. The molecular weight excluding hydrogens is 262 g/mol. The third-order valence-electron chi connectivity index (χ3n) is 3.83. The molecular formula is C13H19N3O4. The Morgan fingerprint density at radius 3 is 3.00 bits per heavy atom. The molecule has 0 aliphatic carbocycles. The Kier molecular flexibility index (Phi) is 3.96. The van der Waals surface area contributed by atoms with Gasteiger partial charge in [-0.15, -0.1) is 0 Å². The maximum Gasteiger partial charge on any atom is 0.311 e. The van der Waals surface area contributed by atoms with Gasteiger partial charge in [0.15, 0.2) is 5.82 Å². The molecule has 0 radical (unpaired) electrons. The van der Waals surface area contributed by atoms with E-state index < -0.39 is 11.4 Å². The van der Waals surface area contributed by atoms with E-state index in [2.05, 4.69) is 9.97 Å². The quantitative estimate of drug-likeness (QED) is 0.831. The van der Waals surface area contributed by atoms with Gasteiger partial charge in [0.2, 0.25) is 5.75 Å². The third-order valence-corrected chi connectivity index (χ3v) is 3.83. The van der Waals surface area contributed by atoms with Crippen LogP contribution in [0.15, 0.2) is 11.1 Å². The zero-order valence-electron chi connectivity index (χ0n) is 11.7. The molecule has 0 spiro atoms. The van der Waals surface area contributed by atoms with Crippen LogP contribution in [0.2, 0.25) is 0 Å². The number of anilines is 1. The molecule has 1 saturated heterocycles. The number of carbonyl (C=O) groups is 1. The van der Waals surface area contributed by atoms with E-state index in [4.69, 9.17) is 4.74 Å². The lowest BCUT2D eigenvalue weighted by Crippen LogP contribution is -2.35. The number of hydrogen-bond donors (Lipinski definition) is 2. The van der Waals surface area contributed by atoms with E-state index in [0.29, 0.717) is 31.7 Å². The monoisotopic (exact) mass is 281 g/mol. The number of ether oxygens (including phenoxy) is 1. The van der Waals surface area contributed by atoms with Gasteiger partial charge in [0.05, 0.1) is 18.9 Å². The highest BCUT2D eigenvalue weighted by molar-refractivity contribution is 5.77. The van der Waals surface area contributed by atoms with Crippen LogP contribution in [-0.4, -0.2) is 41.2 Å². The molecule has 1 atom stereocenters. The molecule has 1 aromatic rings. The summed E-state index contributed by atoms with van der Waals surface area (Å²) in [5, 5.41) is 9.49. The molecule has 0 saturated carbocycles. The number of H-pyrrole nitrogens is 1. The number of nitrogens with zero attached hydrogens (tertiary/aromatic N) is 2. The van der Waals surface area contributed by atoms with Crippen molar-refractivity contribution in [1.29, 1.82) is 0 Å². The van der Waals surface area contributed by atoms with E-state index in [1.165, 1.54) is 13.4 Å². The summed E-state index contributed by atoms with van der Waals surface area (Å²) >= 11 is 0. The van der Waals surface area contributed by atoms with E-state index in [1.807, 2.05) is 11.8 Å². The van der Waals surface area contributed by atoms with E-state index in [9.17, 15) is 14.7 Å². The van der Waals surface area contributed by atoms with Gasteiger partial charge in [-0.3, -0.25) is 9.59 Å². The highest BCUT2D eigenvalue weighted by atomic mass is 16.5. The summed E-state index contributed by atoms with van der Waals surface area (Å²) < 4.78 is 5.08. The summed E-state index contributed by atoms with van der Waals surface area (Å²) in [6.45, 7) is 2.88. The molecule has 1 aromatic heterocycles. The maximum absolute atomic E-state index is 11.7. The second-order valence-electron chi connectivity index (χ2n) is 5.10. The smallest absolute Gasteiger partial charge is 0.311 e. The number of carboxylic acid groups (broad SMARTS) is 1. The molecule has 110 valence electrons. The molecule has 1 unspecified atom stereocenters. The Morgan fingerprint density at radius 1 is 1.65 bits per heavy atom. The van der Waals surface area contributed by atoms with E-state index in [-0.39, 0.29) is 11.3 Å². The van der Waals surface area contributed by atoms with Crippen molar-refractivity contribution in [2.24, 2.45) is 5.41 Å². The van der Waals surface area contributed by atoms with Gasteiger partial charge in [0, 0.05) is 13.1 Å². The predicted molar refractivity (Wildman–Crippen MR) is 73.2 cm³/mol. The molecule has 1 aliphatic rings. The van der Waals surface area contributed by atoms with Crippen molar-refractivity contribution in [3.8, 4) is 5.75 Å². The summed E-state index contributed by atoms with van der Waals surface area (Å²) in [6.07, 6.45) is 3.28. The topological polar surface area (TPSA) is 95.5 Å². The lowest BCUT2D eigenvalue weighted by molar-refractivity contribution is -0.148. The number of nitrogens with one attached hydrogen (secondary N) is 1. The zero-order valence-corrected chi connectivity index (χ0v) is 11.7. The first-order valence-corrected chi connectivity index (χ1v) is 6.64. The SMILES string of the molecule is CCCC1(C(=O)O)CCN(c2nc[nH]c(=O)c2OC)C1. The minimum absolute atomic E-state index is 0.130. The second-order valence-corrected chi connectivity index (χ2v) is 5.10. The van der Waals surface area contributed by atoms with Gasteiger partial charge in [0.1, 0.15) is 0 Å². The Hall–Kier alpha value is -2.05.